The fourth-order valence-corrected chi connectivity index (χ4v) is 2.41. The number of nitrogens with zero attached hydrogens (tertiary/aromatic N) is 2. The van der Waals surface area contributed by atoms with Crippen molar-refractivity contribution in [3.63, 3.8) is 0 Å². The van der Waals surface area contributed by atoms with Crippen molar-refractivity contribution in [1.82, 2.24) is 9.80 Å². The lowest BCUT2D eigenvalue weighted by molar-refractivity contribution is -0.134. The van der Waals surface area contributed by atoms with Gasteiger partial charge in [0.05, 0.1) is 5.56 Å². The molecule has 5 nitrogen and oxygen atoms in total. The van der Waals surface area contributed by atoms with E-state index in [1.165, 1.54) is 11.0 Å². The molecular weight excluding hydrogens is 354 g/mol. The first-order valence-corrected chi connectivity index (χ1v) is 8.44. The van der Waals surface area contributed by atoms with Gasteiger partial charge in [-0.15, -0.1) is 0 Å². The Kier molecular flexibility index (Phi) is 7.43. The molecule has 1 amide bonds. The number of amides is 1. The smallest absolute Gasteiger partial charge is 0.260 e. The quantitative estimate of drug-likeness (QED) is 0.632. The normalized spacial score (nSPS) is 10.7. The zero-order valence-corrected chi connectivity index (χ0v) is 15.3. The van der Waals surface area contributed by atoms with Crippen LogP contribution in [-0.2, 0) is 11.3 Å². The number of benzene rings is 2. The van der Waals surface area contributed by atoms with Crippen LogP contribution in [0, 0.1) is 11.6 Å². The second-order valence-electron chi connectivity index (χ2n) is 6.31. The monoisotopic (exact) mass is 376 g/mol. The highest BCUT2D eigenvalue weighted by atomic mass is 19.2. The molecule has 0 saturated heterocycles. The van der Waals surface area contributed by atoms with E-state index in [-0.39, 0.29) is 19.1 Å². The number of likely N-dealkylation sites (N-methyl/N-ethyl adjacent to an activating group) is 1. The minimum Gasteiger partial charge on any atom is -0.483 e. The van der Waals surface area contributed by atoms with Gasteiger partial charge < -0.3 is 14.5 Å². The lowest BCUT2D eigenvalue weighted by Gasteiger charge is -2.25. The molecule has 0 N–H and O–H groups in total. The summed E-state index contributed by atoms with van der Waals surface area (Å²) in [6.45, 7) is 0.856. The van der Waals surface area contributed by atoms with Crippen LogP contribution in [0.1, 0.15) is 15.9 Å². The van der Waals surface area contributed by atoms with Crippen molar-refractivity contribution in [1.29, 1.82) is 0 Å². The highest BCUT2D eigenvalue weighted by Gasteiger charge is 2.17. The third-order valence-corrected chi connectivity index (χ3v) is 3.92. The van der Waals surface area contributed by atoms with E-state index in [0.29, 0.717) is 36.3 Å². The molecule has 0 aliphatic rings. The number of rotatable bonds is 9. The minimum atomic E-state index is -0.955. The third kappa shape index (κ3) is 6.14. The number of hydrogen-bond donors (Lipinski definition) is 0. The van der Waals surface area contributed by atoms with E-state index in [2.05, 4.69) is 0 Å². The summed E-state index contributed by atoms with van der Waals surface area (Å²) < 4.78 is 32.1. The van der Waals surface area contributed by atoms with E-state index in [4.69, 9.17) is 4.74 Å². The topological polar surface area (TPSA) is 49.9 Å². The molecule has 0 unspecified atom stereocenters. The first kappa shape index (κ1) is 20.5. The average molecular weight is 376 g/mol. The molecule has 0 spiro atoms. The summed E-state index contributed by atoms with van der Waals surface area (Å²) in [4.78, 5) is 27.1. The maximum absolute atomic E-state index is 13.5. The van der Waals surface area contributed by atoms with Gasteiger partial charge in [-0.25, -0.2) is 8.78 Å². The Labute approximate surface area is 157 Å². The molecule has 0 heterocycles. The lowest BCUT2D eigenvalue weighted by atomic mass is 10.2. The Bertz CT molecular complexity index is 797. The van der Waals surface area contributed by atoms with Crippen molar-refractivity contribution < 1.29 is 23.1 Å². The van der Waals surface area contributed by atoms with Gasteiger partial charge in [-0.1, -0.05) is 18.2 Å². The van der Waals surface area contributed by atoms with Crippen LogP contribution in [0.5, 0.6) is 5.75 Å². The summed E-state index contributed by atoms with van der Waals surface area (Å²) in [6, 6.07) is 10.2. The first-order valence-electron chi connectivity index (χ1n) is 8.44. The molecule has 0 atom stereocenters. The van der Waals surface area contributed by atoms with Gasteiger partial charge >= 0.3 is 0 Å². The number of para-hydroxylation sites is 1. The predicted octanol–water partition coefficient (Wildman–Crippen LogP) is 2.75. The van der Waals surface area contributed by atoms with Gasteiger partial charge in [-0.2, -0.15) is 0 Å². The summed E-state index contributed by atoms with van der Waals surface area (Å²) in [5.74, 6) is -1.88. The van der Waals surface area contributed by atoms with E-state index in [1.807, 2.05) is 19.0 Å². The van der Waals surface area contributed by atoms with E-state index < -0.39 is 11.6 Å². The number of ether oxygens (including phenoxy) is 1. The molecule has 7 heteroatoms. The molecule has 0 aromatic heterocycles. The van der Waals surface area contributed by atoms with E-state index in [9.17, 15) is 18.4 Å². The second-order valence-corrected chi connectivity index (χ2v) is 6.31. The molecule has 0 bridgehead atoms. The fraction of sp³-hybridized carbons (Fsp3) is 0.300. The molecule has 2 rings (SSSR count). The van der Waals surface area contributed by atoms with Gasteiger partial charge in [-0.05, 0) is 43.9 Å². The molecule has 27 heavy (non-hydrogen) atoms. The Morgan fingerprint density at radius 3 is 2.48 bits per heavy atom. The summed E-state index contributed by atoms with van der Waals surface area (Å²) >= 11 is 0. The molecule has 2 aromatic carbocycles. The summed E-state index contributed by atoms with van der Waals surface area (Å²) in [5, 5.41) is 0. The molecule has 144 valence electrons. The van der Waals surface area contributed by atoms with Gasteiger partial charge in [-0.3, -0.25) is 9.59 Å². The van der Waals surface area contributed by atoms with Crippen LogP contribution in [-0.4, -0.2) is 55.8 Å². The van der Waals surface area contributed by atoms with Gasteiger partial charge in [0.15, 0.2) is 24.5 Å². The molecule has 0 saturated carbocycles. The maximum Gasteiger partial charge on any atom is 0.260 e. The van der Waals surface area contributed by atoms with Crippen molar-refractivity contribution in [3.05, 3.63) is 65.2 Å². The van der Waals surface area contributed by atoms with Crippen molar-refractivity contribution >= 4 is 12.2 Å². The molecule has 0 aliphatic heterocycles. The largest absolute Gasteiger partial charge is 0.483 e. The molecule has 0 radical (unpaired) electrons. The van der Waals surface area contributed by atoms with Gasteiger partial charge in [0.2, 0.25) is 0 Å². The van der Waals surface area contributed by atoms with Crippen molar-refractivity contribution in [2.75, 3.05) is 33.8 Å². The maximum atomic E-state index is 13.5. The number of halogens is 2. The highest BCUT2D eigenvalue weighted by molar-refractivity contribution is 5.80. The Morgan fingerprint density at radius 1 is 1.07 bits per heavy atom. The minimum absolute atomic E-state index is 0.128. The molecule has 2 aromatic rings. The van der Waals surface area contributed by atoms with Crippen LogP contribution in [0.3, 0.4) is 0 Å². The van der Waals surface area contributed by atoms with Crippen molar-refractivity contribution in [2.45, 2.75) is 6.54 Å². The fourth-order valence-electron chi connectivity index (χ4n) is 2.41. The average Bonchev–Trinajstić information content (AvgIpc) is 2.66. The Hall–Kier alpha value is -2.80. The Morgan fingerprint density at radius 2 is 1.81 bits per heavy atom. The van der Waals surface area contributed by atoms with Crippen LogP contribution >= 0.6 is 0 Å². The summed E-state index contributed by atoms with van der Waals surface area (Å²) in [6.07, 6.45) is 0.658. The zero-order chi connectivity index (χ0) is 19.8. The van der Waals surface area contributed by atoms with Gasteiger partial charge in [0.25, 0.3) is 5.91 Å². The van der Waals surface area contributed by atoms with Gasteiger partial charge in [0, 0.05) is 19.6 Å². The lowest BCUT2D eigenvalue weighted by Crippen LogP contribution is -2.39. The van der Waals surface area contributed by atoms with Crippen molar-refractivity contribution in [3.8, 4) is 5.75 Å². The number of carbonyl (C=O) groups is 2. The molecule has 0 aliphatic carbocycles. The standard InChI is InChI=1S/C20H22F2N2O3/c1-23(2)9-10-24(12-15-7-8-17(21)18(22)11-15)20(26)14-27-19-6-4-3-5-16(19)13-25/h3-8,11,13H,9-10,12,14H2,1-2H3. The van der Waals surface area contributed by atoms with Crippen LogP contribution in [0.25, 0.3) is 0 Å². The third-order valence-electron chi connectivity index (χ3n) is 3.92. The predicted molar refractivity (Wildman–Crippen MR) is 97.7 cm³/mol. The van der Waals surface area contributed by atoms with Crippen LogP contribution in [0.2, 0.25) is 0 Å². The number of aldehydes is 1. The molecular formula is C20H22F2N2O3. The first-order chi connectivity index (χ1) is 12.9. The van der Waals surface area contributed by atoms with Crippen LogP contribution < -0.4 is 4.74 Å². The number of carbonyl (C=O) groups excluding carboxylic acids is 2. The molecule has 0 fully saturated rings. The van der Waals surface area contributed by atoms with Gasteiger partial charge in [0.1, 0.15) is 5.75 Å². The summed E-state index contributed by atoms with van der Waals surface area (Å²) in [5.41, 5.74) is 0.833. The van der Waals surface area contributed by atoms with Crippen LogP contribution in [0.15, 0.2) is 42.5 Å². The van der Waals surface area contributed by atoms with E-state index in [0.717, 1.165) is 12.1 Å². The van der Waals surface area contributed by atoms with E-state index >= 15 is 0 Å². The second kappa shape index (κ2) is 9.78. The van der Waals surface area contributed by atoms with E-state index in [1.54, 1.807) is 24.3 Å². The Balaban J connectivity index is 2.08. The summed E-state index contributed by atoms with van der Waals surface area (Å²) in [7, 11) is 3.74. The SMILES string of the molecule is CN(C)CCN(Cc1ccc(F)c(F)c1)C(=O)COc1ccccc1C=O. The highest BCUT2D eigenvalue weighted by Crippen LogP contribution is 2.16. The van der Waals surface area contributed by atoms with Crippen LogP contribution in [0.4, 0.5) is 8.78 Å². The zero-order valence-electron chi connectivity index (χ0n) is 15.3. The van der Waals surface area contributed by atoms with Crippen molar-refractivity contribution in [2.24, 2.45) is 0 Å². The number of hydrogen-bond acceptors (Lipinski definition) is 4.